The van der Waals surface area contributed by atoms with Crippen molar-refractivity contribution in [2.75, 3.05) is 38.5 Å². The number of hydrogen-bond acceptors (Lipinski definition) is 4. The van der Waals surface area contributed by atoms with Crippen LogP contribution in [-0.2, 0) is 4.74 Å². The van der Waals surface area contributed by atoms with E-state index in [1.807, 2.05) is 61.6 Å². The molecule has 1 fully saturated rings. The number of amides is 1. The van der Waals surface area contributed by atoms with Crippen LogP contribution in [0.2, 0.25) is 0 Å². The van der Waals surface area contributed by atoms with Gasteiger partial charge in [-0.2, -0.15) is 0 Å². The second-order valence-electron chi connectivity index (χ2n) is 9.06. The first-order valence-electron chi connectivity index (χ1n) is 12.8. The third-order valence-electron chi connectivity index (χ3n) is 6.46. The molecule has 3 rings (SSSR count). The van der Waals surface area contributed by atoms with E-state index in [1.54, 1.807) is 0 Å². The Morgan fingerprint density at radius 1 is 0.857 bits per heavy atom. The third-order valence-corrected chi connectivity index (χ3v) is 6.46. The molecule has 1 heterocycles. The van der Waals surface area contributed by atoms with Gasteiger partial charge in [0.15, 0.2) is 0 Å². The van der Waals surface area contributed by atoms with E-state index in [0.717, 1.165) is 49.3 Å². The number of ether oxygens (including phenoxy) is 1. The fourth-order valence-electron chi connectivity index (χ4n) is 4.52. The Labute approximate surface area is 224 Å². The fraction of sp³-hybridized carbons (Fsp3) is 0.536. The fourth-order valence-corrected chi connectivity index (χ4v) is 4.52. The number of piperidine rings is 1. The molecule has 2 aromatic carbocycles. The molecule has 0 atom stereocenters. The SMILES string of the molecule is CNCCCCCCCCCN1CCC(OC(=O)Nc2ccccc2-c2ccccc2)CC1.Cl.Cl. The van der Waals surface area contributed by atoms with Crippen molar-refractivity contribution in [2.45, 2.75) is 63.9 Å². The zero-order valence-electron chi connectivity index (χ0n) is 21.0. The first-order chi connectivity index (χ1) is 16.3. The van der Waals surface area contributed by atoms with E-state index in [1.165, 1.54) is 51.5 Å². The Hall–Kier alpha value is -1.79. The van der Waals surface area contributed by atoms with Gasteiger partial charge in [0.2, 0.25) is 0 Å². The molecule has 1 aliphatic rings. The number of carbonyl (C=O) groups excluding carboxylic acids is 1. The molecular formula is C28H43Cl2N3O2. The van der Waals surface area contributed by atoms with Crippen LogP contribution in [0.3, 0.4) is 0 Å². The Morgan fingerprint density at radius 3 is 2.14 bits per heavy atom. The molecule has 0 saturated carbocycles. The summed E-state index contributed by atoms with van der Waals surface area (Å²) in [5.41, 5.74) is 2.87. The molecule has 35 heavy (non-hydrogen) atoms. The van der Waals surface area contributed by atoms with E-state index in [0.29, 0.717) is 0 Å². The second kappa shape index (κ2) is 18.5. The lowest BCUT2D eigenvalue weighted by Gasteiger charge is -2.31. The van der Waals surface area contributed by atoms with E-state index in [-0.39, 0.29) is 37.0 Å². The summed E-state index contributed by atoms with van der Waals surface area (Å²) in [4.78, 5) is 15.1. The highest BCUT2D eigenvalue weighted by Crippen LogP contribution is 2.28. The topological polar surface area (TPSA) is 53.6 Å². The number of nitrogens with zero attached hydrogens (tertiary/aromatic N) is 1. The van der Waals surface area contributed by atoms with Crippen molar-refractivity contribution >= 4 is 36.6 Å². The van der Waals surface area contributed by atoms with Crippen LogP contribution >= 0.6 is 24.8 Å². The number of halogens is 2. The second-order valence-corrected chi connectivity index (χ2v) is 9.06. The van der Waals surface area contributed by atoms with Crippen LogP contribution in [0.4, 0.5) is 10.5 Å². The van der Waals surface area contributed by atoms with Gasteiger partial charge in [-0.05, 0) is 57.5 Å². The first kappa shape index (κ1) is 31.2. The molecule has 0 spiro atoms. The zero-order valence-corrected chi connectivity index (χ0v) is 22.7. The van der Waals surface area contributed by atoms with E-state index in [4.69, 9.17) is 4.74 Å². The number of carbonyl (C=O) groups is 1. The quantitative estimate of drug-likeness (QED) is 0.273. The molecule has 1 saturated heterocycles. The Kier molecular flexibility index (Phi) is 16.5. The van der Waals surface area contributed by atoms with Crippen molar-refractivity contribution in [1.29, 1.82) is 0 Å². The average molecular weight is 525 g/mol. The molecule has 5 nitrogen and oxygen atoms in total. The zero-order chi connectivity index (χ0) is 23.1. The predicted molar refractivity (Wildman–Crippen MR) is 152 cm³/mol. The molecule has 0 aromatic heterocycles. The molecule has 7 heteroatoms. The summed E-state index contributed by atoms with van der Waals surface area (Å²) in [5, 5.41) is 6.17. The van der Waals surface area contributed by atoms with Gasteiger partial charge in [0.1, 0.15) is 6.10 Å². The van der Waals surface area contributed by atoms with E-state index >= 15 is 0 Å². The number of para-hydroxylation sites is 1. The Morgan fingerprint density at radius 2 is 1.46 bits per heavy atom. The van der Waals surface area contributed by atoms with Crippen molar-refractivity contribution in [3.8, 4) is 11.1 Å². The molecule has 2 N–H and O–H groups in total. The maximum atomic E-state index is 12.6. The highest BCUT2D eigenvalue weighted by molar-refractivity contribution is 5.91. The molecular weight excluding hydrogens is 481 g/mol. The molecule has 0 bridgehead atoms. The summed E-state index contributed by atoms with van der Waals surface area (Å²) < 4.78 is 5.75. The van der Waals surface area contributed by atoms with Crippen LogP contribution in [-0.4, -0.2) is 50.3 Å². The molecule has 0 unspecified atom stereocenters. The predicted octanol–water partition coefficient (Wildman–Crippen LogP) is 7.16. The number of hydrogen-bond donors (Lipinski definition) is 2. The standard InChI is InChI=1S/C28H41N3O2.2ClH/c1-29-20-12-5-3-2-4-6-13-21-31-22-18-25(19-23-31)33-28(32)30-27-17-11-10-16-26(27)24-14-8-7-9-15-24;;/h7-11,14-17,25,29H,2-6,12-13,18-23H2,1H3,(H,30,32);2*1H. The summed E-state index contributed by atoms with van der Waals surface area (Å²) in [6.45, 7) is 4.34. The molecule has 0 aliphatic carbocycles. The minimum absolute atomic E-state index is 0. The highest BCUT2D eigenvalue weighted by Gasteiger charge is 2.22. The summed E-state index contributed by atoms with van der Waals surface area (Å²) in [6, 6.07) is 18.0. The Balaban J connectivity index is 0.00000306. The average Bonchev–Trinajstić information content (AvgIpc) is 2.85. The van der Waals surface area contributed by atoms with Crippen LogP contribution < -0.4 is 10.6 Å². The van der Waals surface area contributed by atoms with Gasteiger partial charge < -0.3 is 15.0 Å². The third kappa shape index (κ3) is 11.7. The van der Waals surface area contributed by atoms with Crippen LogP contribution in [0.25, 0.3) is 11.1 Å². The maximum absolute atomic E-state index is 12.6. The lowest BCUT2D eigenvalue weighted by molar-refractivity contribution is 0.0585. The smallest absolute Gasteiger partial charge is 0.411 e. The van der Waals surface area contributed by atoms with Crippen LogP contribution in [0.15, 0.2) is 54.6 Å². The van der Waals surface area contributed by atoms with E-state index in [2.05, 4.69) is 15.5 Å². The summed E-state index contributed by atoms with van der Waals surface area (Å²) in [5.74, 6) is 0. The Bertz CT molecular complexity index is 815. The van der Waals surface area contributed by atoms with Gasteiger partial charge in [-0.3, -0.25) is 5.32 Å². The number of anilines is 1. The van der Waals surface area contributed by atoms with E-state index in [9.17, 15) is 4.79 Å². The van der Waals surface area contributed by atoms with Gasteiger partial charge >= 0.3 is 6.09 Å². The van der Waals surface area contributed by atoms with Gasteiger partial charge in [-0.1, -0.05) is 80.6 Å². The lowest BCUT2D eigenvalue weighted by atomic mass is 10.0. The van der Waals surface area contributed by atoms with Crippen molar-refractivity contribution in [3.63, 3.8) is 0 Å². The number of benzene rings is 2. The van der Waals surface area contributed by atoms with Gasteiger partial charge in [0, 0.05) is 18.7 Å². The van der Waals surface area contributed by atoms with Gasteiger partial charge in [-0.15, -0.1) is 24.8 Å². The normalized spacial score (nSPS) is 14.0. The van der Waals surface area contributed by atoms with Crippen molar-refractivity contribution in [3.05, 3.63) is 54.6 Å². The van der Waals surface area contributed by atoms with Crippen molar-refractivity contribution in [2.24, 2.45) is 0 Å². The molecule has 1 amide bonds. The van der Waals surface area contributed by atoms with Crippen LogP contribution in [0.5, 0.6) is 0 Å². The van der Waals surface area contributed by atoms with Crippen LogP contribution in [0.1, 0.15) is 57.8 Å². The largest absolute Gasteiger partial charge is 0.446 e. The summed E-state index contributed by atoms with van der Waals surface area (Å²) >= 11 is 0. The minimum Gasteiger partial charge on any atom is -0.446 e. The summed E-state index contributed by atoms with van der Waals surface area (Å²) in [7, 11) is 2.02. The van der Waals surface area contributed by atoms with Gasteiger partial charge in [0.05, 0.1) is 5.69 Å². The first-order valence-corrected chi connectivity index (χ1v) is 12.8. The van der Waals surface area contributed by atoms with Crippen LogP contribution in [0, 0.1) is 0 Å². The molecule has 0 radical (unpaired) electrons. The molecule has 196 valence electrons. The van der Waals surface area contributed by atoms with Crippen molar-refractivity contribution < 1.29 is 9.53 Å². The lowest BCUT2D eigenvalue weighted by Crippen LogP contribution is -2.38. The maximum Gasteiger partial charge on any atom is 0.411 e. The van der Waals surface area contributed by atoms with Gasteiger partial charge in [-0.25, -0.2) is 4.79 Å². The number of likely N-dealkylation sites (tertiary alicyclic amines) is 1. The molecule has 1 aliphatic heterocycles. The van der Waals surface area contributed by atoms with E-state index < -0.39 is 0 Å². The molecule has 2 aromatic rings. The van der Waals surface area contributed by atoms with Crippen molar-refractivity contribution in [1.82, 2.24) is 10.2 Å². The number of rotatable bonds is 13. The minimum atomic E-state index is -0.355. The number of nitrogens with one attached hydrogen (secondary N) is 2. The number of unbranched alkanes of at least 4 members (excludes halogenated alkanes) is 6. The summed E-state index contributed by atoms with van der Waals surface area (Å²) in [6.07, 6.45) is 10.8. The monoisotopic (exact) mass is 523 g/mol. The highest BCUT2D eigenvalue weighted by atomic mass is 35.5. The van der Waals surface area contributed by atoms with Gasteiger partial charge in [0.25, 0.3) is 0 Å².